The number of carbonyl (C=O) groups excluding carboxylic acids is 1. The summed E-state index contributed by atoms with van der Waals surface area (Å²) in [6.45, 7) is 6.90. The third-order valence-electron chi connectivity index (χ3n) is 4.30. The second-order valence-electron chi connectivity index (χ2n) is 5.81. The Labute approximate surface area is 140 Å². The van der Waals surface area contributed by atoms with E-state index in [2.05, 4.69) is 42.7 Å². The van der Waals surface area contributed by atoms with Gasteiger partial charge in [0.1, 0.15) is 0 Å². The van der Waals surface area contributed by atoms with Crippen LogP contribution < -0.4 is 10.6 Å². The summed E-state index contributed by atoms with van der Waals surface area (Å²) in [5.41, 5.74) is 2.45. The first kappa shape index (κ1) is 18.7. The molecule has 2 N–H and O–H groups in total. The highest BCUT2D eigenvalue weighted by molar-refractivity contribution is 5.85. The van der Waals surface area contributed by atoms with Gasteiger partial charge in [-0.1, -0.05) is 62.2 Å². The first-order valence-electron chi connectivity index (χ1n) is 7.93. The van der Waals surface area contributed by atoms with Crippen molar-refractivity contribution in [3.8, 4) is 0 Å². The van der Waals surface area contributed by atoms with Gasteiger partial charge in [-0.15, -0.1) is 12.4 Å². The molecule has 1 heterocycles. The van der Waals surface area contributed by atoms with Crippen molar-refractivity contribution in [2.45, 2.75) is 32.6 Å². The lowest BCUT2D eigenvalue weighted by molar-refractivity contribution is -0.123. The van der Waals surface area contributed by atoms with Crippen LogP contribution in [-0.4, -0.2) is 25.5 Å². The molecule has 2 unspecified atom stereocenters. The van der Waals surface area contributed by atoms with Crippen LogP contribution in [0.4, 0.5) is 0 Å². The predicted octanol–water partition coefficient (Wildman–Crippen LogP) is 3.27. The Morgan fingerprint density at radius 2 is 2.05 bits per heavy atom. The predicted molar refractivity (Wildman–Crippen MR) is 94.5 cm³/mol. The van der Waals surface area contributed by atoms with E-state index in [9.17, 15) is 4.79 Å². The summed E-state index contributed by atoms with van der Waals surface area (Å²) in [6.07, 6.45) is 4.21. The van der Waals surface area contributed by atoms with Crippen LogP contribution in [0.3, 0.4) is 0 Å². The molecule has 1 aliphatic rings. The zero-order chi connectivity index (χ0) is 15.1. The summed E-state index contributed by atoms with van der Waals surface area (Å²) in [6, 6.07) is 10.1. The Hall–Kier alpha value is -1.32. The van der Waals surface area contributed by atoms with Crippen molar-refractivity contribution in [2.75, 3.05) is 19.6 Å². The van der Waals surface area contributed by atoms with Crippen LogP contribution in [0.1, 0.15) is 38.2 Å². The zero-order valence-electron chi connectivity index (χ0n) is 13.5. The van der Waals surface area contributed by atoms with Gasteiger partial charge in [0.05, 0.1) is 5.92 Å². The molecule has 0 aromatic heterocycles. The van der Waals surface area contributed by atoms with Crippen molar-refractivity contribution in [1.82, 2.24) is 10.6 Å². The van der Waals surface area contributed by atoms with Gasteiger partial charge >= 0.3 is 0 Å². The molecule has 1 amide bonds. The lowest BCUT2D eigenvalue weighted by Gasteiger charge is -2.23. The quantitative estimate of drug-likeness (QED) is 0.789. The van der Waals surface area contributed by atoms with Gasteiger partial charge in [0.2, 0.25) is 5.91 Å². The normalized spacial score (nSPS) is 16.9. The molecule has 0 spiro atoms. The van der Waals surface area contributed by atoms with E-state index in [-0.39, 0.29) is 24.2 Å². The fourth-order valence-corrected chi connectivity index (χ4v) is 2.78. The maximum Gasteiger partial charge on any atom is 0.228 e. The first-order chi connectivity index (χ1) is 10.2. The minimum Gasteiger partial charge on any atom is -0.352 e. The number of hydrogen-bond acceptors (Lipinski definition) is 2. The highest BCUT2D eigenvalue weighted by Gasteiger charge is 2.25. The summed E-state index contributed by atoms with van der Waals surface area (Å²) in [7, 11) is 0. The second-order valence-corrected chi connectivity index (χ2v) is 5.81. The molecule has 1 aromatic rings. The number of nitrogens with one attached hydrogen (secondary N) is 2. The highest BCUT2D eigenvalue weighted by Crippen LogP contribution is 2.27. The fourth-order valence-electron chi connectivity index (χ4n) is 2.78. The highest BCUT2D eigenvalue weighted by atomic mass is 35.5. The Bertz CT molecular complexity index is 487. The van der Waals surface area contributed by atoms with E-state index in [1.54, 1.807) is 0 Å². The minimum absolute atomic E-state index is 0. The van der Waals surface area contributed by atoms with Crippen LogP contribution in [0, 0.1) is 5.92 Å². The molecule has 22 heavy (non-hydrogen) atoms. The molecule has 1 aliphatic heterocycles. The average Bonchev–Trinajstić information content (AvgIpc) is 2.55. The second kappa shape index (κ2) is 9.65. The molecule has 2 atom stereocenters. The molecule has 0 radical (unpaired) electrons. The topological polar surface area (TPSA) is 41.1 Å². The number of benzene rings is 1. The number of carbonyl (C=O) groups is 1. The monoisotopic (exact) mass is 322 g/mol. The van der Waals surface area contributed by atoms with Crippen molar-refractivity contribution < 1.29 is 4.79 Å². The number of halogens is 1. The Morgan fingerprint density at radius 1 is 1.32 bits per heavy atom. The average molecular weight is 323 g/mol. The van der Waals surface area contributed by atoms with Gasteiger partial charge in [-0.25, -0.2) is 0 Å². The zero-order valence-corrected chi connectivity index (χ0v) is 14.3. The third-order valence-corrected chi connectivity index (χ3v) is 4.30. The largest absolute Gasteiger partial charge is 0.352 e. The molecule has 122 valence electrons. The van der Waals surface area contributed by atoms with E-state index < -0.39 is 0 Å². The van der Waals surface area contributed by atoms with Crippen molar-refractivity contribution in [2.24, 2.45) is 5.92 Å². The van der Waals surface area contributed by atoms with Crippen LogP contribution in [0.5, 0.6) is 0 Å². The molecular weight excluding hydrogens is 296 g/mol. The molecule has 0 fully saturated rings. The van der Waals surface area contributed by atoms with Crippen LogP contribution in [0.15, 0.2) is 42.0 Å². The summed E-state index contributed by atoms with van der Waals surface area (Å²) in [5, 5.41) is 6.42. The van der Waals surface area contributed by atoms with Gasteiger partial charge in [0.15, 0.2) is 0 Å². The van der Waals surface area contributed by atoms with Gasteiger partial charge in [-0.05, 0) is 24.4 Å². The summed E-state index contributed by atoms with van der Waals surface area (Å²) in [4.78, 5) is 12.6. The van der Waals surface area contributed by atoms with Gasteiger partial charge < -0.3 is 10.6 Å². The molecule has 1 aromatic carbocycles. The molecule has 0 bridgehead atoms. The van der Waals surface area contributed by atoms with Crippen molar-refractivity contribution in [3.63, 3.8) is 0 Å². The molecule has 3 nitrogen and oxygen atoms in total. The lowest BCUT2D eigenvalue weighted by Crippen LogP contribution is -2.35. The molecular formula is C18H27ClN2O. The van der Waals surface area contributed by atoms with Gasteiger partial charge in [0.25, 0.3) is 0 Å². The van der Waals surface area contributed by atoms with Crippen LogP contribution in [0.25, 0.3) is 0 Å². The standard InChI is InChI=1S/C18H26N2O.ClH/c1-3-14(2)17(16-7-5-4-6-8-16)18(21)20-13-15-9-11-19-12-10-15;/h4-9,14,17,19H,3,10-13H2,1-2H3,(H,20,21);1H. The van der Waals surface area contributed by atoms with E-state index in [0.29, 0.717) is 12.5 Å². The van der Waals surface area contributed by atoms with E-state index in [1.807, 2.05) is 18.2 Å². The number of amides is 1. The molecule has 0 saturated heterocycles. The number of hydrogen-bond donors (Lipinski definition) is 2. The number of rotatable bonds is 6. The van der Waals surface area contributed by atoms with E-state index in [4.69, 9.17) is 0 Å². The Balaban J connectivity index is 0.00000242. The smallest absolute Gasteiger partial charge is 0.228 e. The SMILES string of the molecule is CCC(C)C(C(=O)NCC1=CCNCC1)c1ccccc1.Cl. The maximum absolute atomic E-state index is 12.6. The summed E-state index contributed by atoms with van der Waals surface area (Å²) < 4.78 is 0. The van der Waals surface area contributed by atoms with Gasteiger partial charge in [-0.2, -0.15) is 0 Å². The van der Waals surface area contributed by atoms with Gasteiger partial charge in [-0.3, -0.25) is 4.79 Å². The summed E-state index contributed by atoms with van der Waals surface area (Å²) in [5.74, 6) is 0.433. The third kappa shape index (κ3) is 5.15. The van der Waals surface area contributed by atoms with Crippen LogP contribution in [-0.2, 0) is 4.79 Å². The van der Waals surface area contributed by atoms with Crippen LogP contribution >= 0.6 is 12.4 Å². The Kier molecular flexibility index (Phi) is 8.21. The molecule has 2 rings (SSSR count). The maximum atomic E-state index is 12.6. The first-order valence-corrected chi connectivity index (χ1v) is 7.93. The molecule has 0 aliphatic carbocycles. The van der Waals surface area contributed by atoms with Crippen molar-refractivity contribution in [3.05, 3.63) is 47.5 Å². The summed E-state index contributed by atoms with van der Waals surface area (Å²) >= 11 is 0. The minimum atomic E-state index is -0.0569. The van der Waals surface area contributed by atoms with Crippen molar-refractivity contribution >= 4 is 18.3 Å². The Morgan fingerprint density at radius 3 is 2.64 bits per heavy atom. The van der Waals surface area contributed by atoms with Crippen molar-refractivity contribution in [1.29, 1.82) is 0 Å². The van der Waals surface area contributed by atoms with E-state index in [1.165, 1.54) is 5.57 Å². The molecule has 0 saturated carbocycles. The lowest BCUT2D eigenvalue weighted by atomic mass is 9.85. The van der Waals surface area contributed by atoms with E-state index >= 15 is 0 Å². The molecule has 4 heteroatoms. The van der Waals surface area contributed by atoms with E-state index in [0.717, 1.165) is 31.5 Å². The van der Waals surface area contributed by atoms with Crippen LogP contribution in [0.2, 0.25) is 0 Å². The van der Waals surface area contributed by atoms with Gasteiger partial charge in [0, 0.05) is 13.1 Å². The fraction of sp³-hybridized carbons (Fsp3) is 0.500.